The fourth-order valence-corrected chi connectivity index (χ4v) is 6.65. The zero-order valence-electron chi connectivity index (χ0n) is 26.4. The van der Waals surface area contributed by atoms with Gasteiger partial charge in [-0.1, -0.05) is 61.5 Å². The number of nitrogens with one attached hydrogen (secondary N) is 1. The fourth-order valence-electron chi connectivity index (χ4n) is 6.65. The van der Waals surface area contributed by atoms with E-state index in [9.17, 15) is 9.59 Å². The first-order valence-electron chi connectivity index (χ1n) is 16.1. The highest BCUT2D eigenvalue weighted by Crippen LogP contribution is 2.44. The standard InChI is InChI=1S/C37H48N2O4/c1-5-27(19-23-38-35(41)43-36(2,3)4)26-42-32-16-14-29(15-17-32)28-10-12-31(13-11-28)34(40)39-24-21-37(22-25-39)20-18-30-8-6-7-9-33(30)37/h6-10,14-18,20,27,31H,5,11-13,19,21-26H2,1-4H3,(H,38,41). The Hall–Kier alpha value is -3.54. The molecule has 2 aromatic rings. The van der Waals surface area contributed by atoms with Gasteiger partial charge in [-0.05, 0) is 106 Å². The first-order valence-corrected chi connectivity index (χ1v) is 16.1. The van der Waals surface area contributed by atoms with E-state index in [1.807, 2.05) is 32.9 Å². The first-order chi connectivity index (χ1) is 20.7. The van der Waals surface area contributed by atoms with E-state index in [0.717, 1.165) is 63.8 Å². The van der Waals surface area contributed by atoms with Gasteiger partial charge < -0.3 is 19.7 Å². The summed E-state index contributed by atoms with van der Waals surface area (Å²) in [4.78, 5) is 27.4. The molecule has 1 N–H and O–H groups in total. The number of carbonyl (C=O) groups is 2. The lowest BCUT2D eigenvalue weighted by molar-refractivity contribution is -0.137. The van der Waals surface area contributed by atoms with Crippen molar-refractivity contribution in [3.63, 3.8) is 0 Å². The third-order valence-corrected chi connectivity index (χ3v) is 9.32. The van der Waals surface area contributed by atoms with Crippen LogP contribution in [0.5, 0.6) is 5.75 Å². The third-order valence-electron chi connectivity index (χ3n) is 9.32. The van der Waals surface area contributed by atoms with Crippen molar-refractivity contribution in [1.82, 2.24) is 10.2 Å². The Bertz CT molecular complexity index is 1330. The zero-order chi connectivity index (χ0) is 30.5. The van der Waals surface area contributed by atoms with Gasteiger partial charge in [-0.25, -0.2) is 4.79 Å². The van der Waals surface area contributed by atoms with E-state index in [0.29, 0.717) is 25.0 Å². The van der Waals surface area contributed by atoms with Gasteiger partial charge in [0.15, 0.2) is 0 Å². The first kappa shape index (κ1) is 30.9. The topological polar surface area (TPSA) is 67.9 Å². The summed E-state index contributed by atoms with van der Waals surface area (Å²) in [5.41, 5.74) is 4.91. The zero-order valence-corrected chi connectivity index (χ0v) is 26.4. The van der Waals surface area contributed by atoms with E-state index in [1.165, 1.54) is 22.3 Å². The van der Waals surface area contributed by atoms with Crippen LogP contribution < -0.4 is 10.1 Å². The normalized spacial score (nSPS) is 19.9. The Morgan fingerprint density at radius 3 is 2.49 bits per heavy atom. The number of hydrogen-bond acceptors (Lipinski definition) is 4. The molecule has 1 saturated heterocycles. The number of nitrogens with zero attached hydrogens (tertiary/aromatic N) is 1. The SMILES string of the molecule is CCC(CCNC(=O)OC(C)(C)C)COc1ccc(C2=CCC(C(=O)N3CCC4(C=Cc5ccccc54)CC3)CC2)cc1. The predicted octanol–water partition coefficient (Wildman–Crippen LogP) is 7.78. The molecule has 3 aliphatic rings. The van der Waals surface area contributed by atoms with Gasteiger partial charge >= 0.3 is 6.09 Å². The summed E-state index contributed by atoms with van der Waals surface area (Å²) >= 11 is 0. The Kier molecular flexibility index (Phi) is 9.63. The van der Waals surface area contributed by atoms with Crippen molar-refractivity contribution in [2.24, 2.45) is 11.8 Å². The smallest absolute Gasteiger partial charge is 0.407 e. The highest BCUT2D eigenvalue weighted by Gasteiger charge is 2.40. The van der Waals surface area contributed by atoms with E-state index < -0.39 is 5.60 Å². The van der Waals surface area contributed by atoms with E-state index in [2.05, 4.69) is 71.8 Å². The summed E-state index contributed by atoms with van der Waals surface area (Å²) in [6.07, 6.45) is 13.0. The molecule has 1 aliphatic heterocycles. The molecule has 2 unspecified atom stereocenters. The molecule has 1 spiro atoms. The molecule has 1 fully saturated rings. The van der Waals surface area contributed by atoms with Crippen LogP contribution >= 0.6 is 0 Å². The van der Waals surface area contributed by atoms with Crippen molar-refractivity contribution >= 4 is 23.6 Å². The van der Waals surface area contributed by atoms with E-state index in [-0.39, 0.29) is 17.4 Å². The number of benzene rings is 2. The Morgan fingerprint density at radius 2 is 1.81 bits per heavy atom. The highest BCUT2D eigenvalue weighted by molar-refractivity contribution is 5.81. The second-order valence-electron chi connectivity index (χ2n) is 13.4. The molecule has 1 heterocycles. The summed E-state index contributed by atoms with van der Waals surface area (Å²) < 4.78 is 11.4. The van der Waals surface area contributed by atoms with Gasteiger partial charge in [-0.2, -0.15) is 0 Å². The summed E-state index contributed by atoms with van der Waals surface area (Å²) in [5, 5.41) is 2.84. The molecule has 0 saturated carbocycles. The number of piperidine rings is 1. The molecular formula is C37H48N2O4. The highest BCUT2D eigenvalue weighted by atomic mass is 16.6. The molecule has 0 bridgehead atoms. The number of fused-ring (bicyclic) bond motifs is 2. The van der Waals surface area contributed by atoms with Crippen LogP contribution in [0.25, 0.3) is 11.6 Å². The number of likely N-dealkylation sites (tertiary alicyclic amines) is 1. The van der Waals surface area contributed by atoms with Crippen LogP contribution in [-0.4, -0.2) is 48.7 Å². The lowest BCUT2D eigenvalue weighted by atomic mass is 9.74. The molecule has 43 heavy (non-hydrogen) atoms. The maximum absolute atomic E-state index is 13.4. The van der Waals surface area contributed by atoms with Crippen LogP contribution in [0.4, 0.5) is 4.79 Å². The van der Waals surface area contributed by atoms with Crippen LogP contribution in [0.1, 0.15) is 89.3 Å². The van der Waals surface area contributed by atoms with Crippen LogP contribution in [0, 0.1) is 11.8 Å². The quantitative estimate of drug-likeness (QED) is 0.327. The average molecular weight is 585 g/mol. The number of carbonyl (C=O) groups excluding carboxylic acids is 2. The average Bonchev–Trinajstić information content (AvgIpc) is 3.36. The number of amides is 2. The number of ether oxygens (including phenoxy) is 2. The molecule has 5 rings (SSSR count). The molecule has 2 amide bonds. The minimum atomic E-state index is -0.491. The Morgan fingerprint density at radius 1 is 1.07 bits per heavy atom. The predicted molar refractivity (Wildman–Crippen MR) is 173 cm³/mol. The van der Waals surface area contributed by atoms with Gasteiger partial charge in [0.05, 0.1) is 6.61 Å². The minimum absolute atomic E-state index is 0.0857. The summed E-state index contributed by atoms with van der Waals surface area (Å²) in [5.74, 6) is 1.62. The monoisotopic (exact) mass is 584 g/mol. The molecule has 2 aliphatic carbocycles. The van der Waals surface area contributed by atoms with Crippen molar-refractivity contribution in [1.29, 1.82) is 0 Å². The largest absolute Gasteiger partial charge is 0.493 e. The van der Waals surface area contributed by atoms with Crippen LogP contribution in [0.15, 0.2) is 60.7 Å². The van der Waals surface area contributed by atoms with Crippen molar-refractivity contribution in [2.75, 3.05) is 26.2 Å². The van der Waals surface area contributed by atoms with Crippen molar-refractivity contribution < 1.29 is 19.1 Å². The van der Waals surface area contributed by atoms with Crippen LogP contribution in [0.3, 0.4) is 0 Å². The molecule has 0 radical (unpaired) electrons. The minimum Gasteiger partial charge on any atom is -0.493 e. The number of alkyl carbamates (subject to hydrolysis) is 1. The number of rotatable bonds is 9. The maximum atomic E-state index is 13.4. The van der Waals surface area contributed by atoms with Gasteiger partial charge in [-0.15, -0.1) is 0 Å². The number of hydrogen-bond donors (Lipinski definition) is 1. The third kappa shape index (κ3) is 7.70. The molecule has 2 atom stereocenters. The molecule has 6 heteroatoms. The lowest BCUT2D eigenvalue weighted by Gasteiger charge is -2.40. The van der Waals surface area contributed by atoms with Gasteiger partial charge in [-0.3, -0.25) is 4.79 Å². The second-order valence-corrected chi connectivity index (χ2v) is 13.4. The van der Waals surface area contributed by atoms with Crippen molar-refractivity contribution in [3.8, 4) is 5.75 Å². The summed E-state index contributed by atoms with van der Waals surface area (Å²) in [7, 11) is 0. The Balaban J connectivity index is 1.05. The Labute approximate surface area is 257 Å². The van der Waals surface area contributed by atoms with Gasteiger partial charge in [0.25, 0.3) is 0 Å². The molecule has 0 aromatic heterocycles. The summed E-state index contributed by atoms with van der Waals surface area (Å²) in [6.45, 7) is 10.6. The van der Waals surface area contributed by atoms with Crippen molar-refractivity contribution in [2.45, 2.75) is 83.7 Å². The molecular weight excluding hydrogens is 536 g/mol. The van der Waals surface area contributed by atoms with E-state index in [1.54, 1.807) is 0 Å². The second kappa shape index (κ2) is 13.4. The molecule has 6 nitrogen and oxygen atoms in total. The van der Waals surface area contributed by atoms with Crippen molar-refractivity contribution in [3.05, 3.63) is 77.4 Å². The van der Waals surface area contributed by atoms with Crippen LogP contribution in [0.2, 0.25) is 0 Å². The van der Waals surface area contributed by atoms with Gasteiger partial charge in [0, 0.05) is 31.0 Å². The summed E-state index contributed by atoms with van der Waals surface area (Å²) in [6, 6.07) is 17.0. The van der Waals surface area contributed by atoms with E-state index in [4.69, 9.17) is 9.47 Å². The maximum Gasteiger partial charge on any atom is 0.407 e. The van der Waals surface area contributed by atoms with E-state index >= 15 is 0 Å². The number of allylic oxidation sites excluding steroid dienone is 3. The van der Waals surface area contributed by atoms with Crippen LogP contribution in [-0.2, 0) is 14.9 Å². The lowest BCUT2D eigenvalue weighted by Crippen LogP contribution is -2.46. The van der Waals surface area contributed by atoms with Gasteiger partial charge in [0.2, 0.25) is 5.91 Å². The van der Waals surface area contributed by atoms with Gasteiger partial charge in [0.1, 0.15) is 11.4 Å². The molecule has 2 aromatic carbocycles. The fraction of sp³-hybridized carbons (Fsp3) is 0.514. The molecule has 230 valence electrons.